The van der Waals surface area contributed by atoms with Crippen LogP contribution in [-0.2, 0) is 4.74 Å². The van der Waals surface area contributed by atoms with Gasteiger partial charge in [0.1, 0.15) is 12.1 Å². The number of aliphatic hydroxyl groups is 1. The van der Waals surface area contributed by atoms with E-state index in [0.29, 0.717) is 24.0 Å². The molecule has 0 amide bonds. The molecule has 1 saturated carbocycles. The van der Waals surface area contributed by atoms with Crippen molar-refractivity contribution in [2.75, 3.05) is 18.0 Å². The van der Waals surface area contributed by atoms with E-state index in [4.69, 9.17) is 4.74 Å². The van der Waals surface area contributed by atoms with E-state index < -0.39 is 5.60 Å². The Morgan fingerprint density at radius 3 is 2.59 bits per heavy atom. The maximum Gasteiger partial charge on any atom is 0.132 e. The first-order chi connectivity index (χ1) is 13.8. The van der Waals surface area contributed by atoms with Crippen molar-refractivity contribution in [1.82, 2.24) is 20.8 Å². The highest BCUT2D eigenvalue weighted by atomic mass is 16.5. The number of nitrogens with one attached hydrogen (secondary N) is 2. The van der Waals surface area contributed by atoms with Crippen molar-refractivity contribution in [3.63, 3.8) is 0 Å². The number of hydrogen-bond donors (Lipinski definition) is 3. The quantitative estimate of drug-likeness (QED) is 0.697. The Hall–Kier alpha value is -1.28. The largest absolute Gasteiger partial charge is 0.390 e. The van der Waals surface area contributed by atoms with Crippen molar-refractivity contribution in [3.8, 4) is 0 Å². The van der Waals surface area contributed by atoms with Gasteiger partial charge in [0.2, 0.25) is 0 Å². The van der Waals surface area contributed by atoms with Crippen LogP contribution < -0.4 is 15.8 Å². The number of aromatic nitrogens is 2. The van der Waals surface area contributed by atoms with Gasteiger partial charge in [-0.25, -0.2) is 15.4 Å². The zero-order valence-corrected chi connectivity index (χ0v) is 18.3. The molecule has 162 valence electrons. The monoisotopic (exact) mass is 403 g/mol. The van der Waals surface area contributed by atoms with E-state index in [9.17, 15) is 5.11 Å². The van der Waals surface area contributed by atoms with Gasteiger partial charge >= 0.3 is 0 Å². The predicted octanol–water partition coefficient (Wildman–Crippen LogP) is 2.58. The van der Waals surface area contributed by atoms with Crippen molar-refractivity contribution >= 4 is 5.82 Å². The minimum Gasteiger partial charge on any atom is -0.390 e. The fraction of sp³-hybridized carbons (Fsp3) is 0.818. The van der Waals surface area contributed by atoms with Crippen molar-refractivity contribution in [2.24, 2.45) is 11.8 Å². The molecular weight excluding hydrogens is 366 g/mol. The van der Waals surface area contributed by atoms with Crippen LogP contribution in [-0.4, -0.2) is 52.0 Å². The van der Waals surface area contributed by atoms with Crippen LogP contribution in [0.2, 0.25) is 0 Å². The van der Waals surface area contributed by atoms with Gasteiger partial charge in [-0.2, -0.15) is 0 Å². The summed E-state index contributed by atoms with van der Waals surface area (Å²) >= 11 is 0. The molecule has 0 bridgehead atoms. The Kier molecular flexibility index (Phi) is 6.11. The Balaban J connectivity index is 1.44. The third-order valence-corrected chi connectivity index (χ3v) is 6.98. The fourth-order valence-corrected chi connectivity index (χ4v) is 5.34. The summed E-state index contributed by atoms with van der Waals surface area (Å²) in [4.78, 5) is 11.5. The average molecular weight is 404 g/mol. The zero-order chi connectivity index (χ0) is 20.6. The molecule has 4 rings (SSSR count). The number of anilines is 1. The lowest BCUT2D eigenvalue weighted by Gasteiger charge is -2.38. The molecular formula is C22H37N5O2. The Morgan fingerprint density at radius 2 is 1.90 bits per heavy atom. The van der Waals surface area contributed by atoms with Crippen LogP contribution >= 0.6 is 0 Å². The van der Waals surface area contributed by atoms with Gasteiger partial charge in [0.25, 0.3) is 0 Å². The van der Waals surface area contributed by atoms with Gasteiger partial charge in [-0.05, 0) is 65.7 Å². The van der Waals surface area contributed by atoms with Crippen molar-refractivity contribution in [3.05, 3.63) is 18.1 Å². The maximum atomic E-state index is 10.3. The normalized spacial score (nSPS) is 31.3. The average Bonchev–Trinajstić information content (AvgIpc) is 3.10. The lowest BCUT2D eigenvalue weighted by atomic mass is 9.79. The Bertz CT molecular complexity index is 684. The van der Waals surface area contributed by atoms with E-state index in [1.165, 1.54) is 0 Å². The van der Waals surface area contributed by atoms with Gasteiger partial charge < -0.3 is 14.7 Å². The first-order valence-electron chi connectivity index (χ1n) is 11.3. The summed E-state index contributed by atoms with van der Waals surface area (Å²) in [6, 6.07) is 2.82. The van der Waals surface area contributed by atoms with Gasteiger partial charge in [0.05, 0.1) is 29.5 Å². The summed E-state index contributed by atoms with van der Waals surface area (Å²) in [7, 11) is 0. The molecule has 2 aliphatic heterocycles. The second kappa shape index (κ2) is 8.46. The third kappa shape index (κ3) is 4.74. The van der Waals surface area contributed by atoms with Gasteiger partial charge in [0.15, 0.2) is 0 Å². The fourth-order valence-electron chi connectivity index (χ4n) is 5.34. The van der Waals surface area contributed by atoms with Crippen LogP contribution in [0.3, 0.4) is 0 Å². The van der Waals surface area contributed by atoms with Gasteiger partial charge in [0, 0.05) is 31.1 Å². The summed E-state index contributed by atoms with van der Waals surface area (Å²) in [5.74, 6) is 1.83. The van der Waals surface area contributed by atoms with Crippen LogP contribution in [0.4, 0.5) is 5.82 Å². The first kappa shape index (κ1) is 21.0. The van der Waals surface area contributed by atoms with E-state index in [1.54, 1.807) is 6.33 Å². The van der Waals surface area contributed by atoms with Crippen LogP contribution in [0.5, 0.6) is 0 Å². The first-order valence-corrected chi connectivity index (χ1v) is 11.3. The molecule has 4 unspecified atom stereocenters. The molecule has 3 N–H and O–H groups in total. The molecule has 1 aliphatic carbocycles. The van der Waals surface area contributed by atoms with Gasteiger partial charge in [-0.3, -0.25) is 5.43 Å². The van der Waals surface area contributed by atoms with Crippen molar-refractivity contribution < 1.29 is 9.84 Å². The van der Waals surface area contributed by atoms with E-state index in [-0.39, 0.29) is 12.1 Å². The van der Waals surface area contributed by atoms with Crippen LogP contribution in [0.1, 0.15) is 71.5 Å². The highest BCUT2D eigenvalue weighted by Crippen LogP contribution is 2.39. The highest BCUT2D eigenvalue weighted by Gasteiger charge is 2.42. The standard InChI is InChI=1S/C22H37N5O2/c1-14(2)29-16-5-6-18-17(11-16)21(26-25-18)19-12-20(24-13-23-19)27-9-7-15(8-10-27)22(3,4)28/h12-18,21,25-26,28H,5-11H2,1-4H3. The molecule has 3 fully saturated rings. The van der Waals surface area contributed by atoms with E-state index in [0.717, 1.165) is 56.7 Å². The molecule has 3 aliphatic rings. The van der Waals surface area contributed by atoms with Crippen molar-refractivity contribution in [1.29, 1.82) is 0 Å². The number of fused-ring (bicyclic) bond motifs is 1. The van der Waals surface area contributed by atoms with E-state index in [2.05, 4.69) is 45.6 Å². The van der Waals surface area contributed by atoms with Crippen LogP contribution in [0, 0.1) is 11.8 Å². The minimum atomic E-state index is -0.604. The zero-order valence-electron chi connectivity index (χ0n) is 18.3. The van der Waals surface area contributed by atoms with Gasteiger partial charge in [-0.1, -0.05) is 0 Å². The number of hydrazine groups is 1. The topological polar surface area (TPSA) is 82.5 Å². The Morgan fingerprint density at radius 1 is 1.14 bits per heavy atom. The predicted molar refractivity (Wildman–Crippen MR) is 113 cm³/mol. The second-order valence-corrected chi connectivity index (χ2v) is 9.87. The maximum absolute atomic E-state index is 10.3. The second-order valence-electron chi connectivity index (χ2n) is 9.87. The smallest absolute Gasteiger partial charge is 0.132 e. The molecule has 2 saturated heterocycles. The molecule has 29 heavy (non-hydrogen) atoms. The van der Waals surface area contributed by atoms with E-state index >= 15 is 0 Å². The lowest BCUT2D eigenvalue weighted by Crippen LogP contribution is -2.42. The molecule has 7 heteroatoms. The highest BCUT2D eigenvalue weighted by molar-refractivity contribution is 5.40. The third-order valence-electron chi connectivity index (χ3n) is 6.98. The summed E-state index contributed by atoms with van der Waals surface area (Å²) in [6.07, 6.45) is 7.60. The number of hydrogen-bond acceptors (Lipinski definition) is 7. The summed E-state index contributed by atoms with van der Waals surface area (Å²) < 4.78 is 6.12. The summed E-state index contributed by atoms with van der Waals surface area (Å²) in [6.45, 7) is 9.94. The summed E-state index contributed by atoms with van der Waals surface area (Å²) in [5, 5.41) is 10.3. The van der Waals surface area contributed by atoms with Crippen LogP contribution in [0.15, 0.2) is 12.4 Å². The molecule has 1 aromatic rings. The van der Waals surface area contributed by atoms with Gasteiger partial charge in [-0.15, -0.1) is 0 Å². The molecule has 0 aromatic carbocycles. The Labute approximate surface area is 174 Å². The van der Waals surface area contributed by atoms with Crippen molar-refractivity contribution in [2.45, 2.75) is 89.7 Å². The molecule has 7 nitrogen and oxygen atoms in total. The molecule has 0 spiro atoms. The SMILES string of the molecule is CC(C)OC1CCC2NNC(c3cc(N4CCC(C(C)(C)O)CC4)ncn3)C2C1. The number of ether oxygens (including phenoxy) is 1. The minimum absolute atomic E-state index is 0.189. The molecule has 1 aromatic heterocycles. The molecule has 3 heterocycles. The molecule has 4 atom stereocenters. The van der Waals surface area contributed by atoms with E-state index in [1.807, 2.05) is 13.8 Å². The number of rotatable bonds is 5. The number of nitrogens with zero attached hydrogens (tertiary/aromatic N) is 3. The summed E-state index contributed by atoms with van der Waals surface area (Å²) in [5.41, 5.74) is 7.45. The number of piperidine rings is 1. The lowest BCUT2D eigenvalue weighted by molar-refractivity contribution is -0.0276. The molecule has 0 radical (unpaired) electrons. The van der Waals surface area contributed by atoms with Crippen LogP contribution in [0.25, 0.3) is 0 Å².